The lowest BCUT2D eigenvalue weighted by molar-refractivity contribution is 0.392. The number of rotatable bonds is 4. The summed E-state index contributed by atoms with van der Waals surface area (Å²) < 4.78 is 2.02. The van der Waals surface area contributed by atoms with Gasteiger partial charge in [-0.25, -0.2) is 9.67 Å². The zero-order valence-corrected chi connectivity index (χ0v) is 20.6. The van der Waals surface area contributed by atoms with Gasteiger partial charge in [-0.1, -0.05) is 19.1 Å². The molecule has 1 aromatic heterocycles. The lowest BCUT2D eigenvalue weighted by Crippen LogP contribution is -2.46. The minimum Gasteiger partial charge on any atom is -0.372 e. The minimum absolute atomic E-state index is 0. The molecule has 7 nitrogen and oxygen atoms in total. The van der Waals surface area contributed by atoms with Crippen molar-refractivity contribution < 1.29 is 0 Å². The number of piperidine rings is 1. The fourth-order valence-corrected chi connectivity index (χ4v) is 4.22. The molecular weight excluding hydrogens is 489 g/mol. The minimum atomic E-state index is 0. The highest BCUT2D eigenvalue weighted by Crippen LogP contribution is 2.23. The Morgan fingerprint density at radius 2 is 1.90 bits per heavy atom. The molecule has 8 heteroatoms. The monoisotopic (exact) mass is 523 g/mol. The van der Waals surface area contributed by atoms with Gasteiger partial charge >= 0.3 is 0 Å². The average Bonchev–Trinajstić information content (AvgIpc) is 3.11. The van der Waals surface area contributed by atoms with Crippen LogP contribution in [0.15, 0.2) is 29.3 Å². The van der Waals surface area contributed by atoms with Crippen molar-refractivity contribution in [2.45, 2.75) is 58.7 Å². The Morgan fingerprint density at radius 3 is 2.60 bits per heavy atom. The molecule has 1 fully saturated rings. The van der Waals surface area contributed by atoms with Crippen LogP contribution in [-0.2, 0) is 19.5 Å². The lowest BCUT2D eigenvalue weighted by Gasteiger charge is -2.32. The zero-order valence-electron chi connectivity index (χ0n) is 18.3. The van der Waals surface area contributed by atoms with Crippen LogP contribution in [0.25, 0.3) is 0 Å². The van der Waals surface area contributed by atoms with Crippen LogP contribution in [0.5, 0.6) is 0 Å². The molecule has 0 bridgehead atoms. The molecule has 0 aliphatic carbocycles. The second kappa shape index (κ2) is 10.5. The summed E-state index contributed by atoms with van der Waals surface area (Å²) >= 11 is 0. The number of fused-ring (bicyclic) bond motifs is 1. The summed E-state index contributed by atoms with van der Waals surface area (Å²) in [7, 11) is 1.82. The smallest absolute Gasteiger partial charge is 0.191 e. The van der Waals surface area contributed by atoms with Crippen molar-refractivity contribution in [3.63, 3.8) is 0 Å². The van der Waals surface area contributed by atoms with Crippen molar-refractivity contribution in [1.29, 1.82) is 0 Å². The van der Waals surface area contributed by atoms with E-state index in [9.17, 15) is 0 Å². The number of nitrogens with zero attached hydrogens (tertiary/aromatic N) is 5. The third kappa shape index (κ3) is 5.65. The third-order valence-corrected chi connectivity index (χ3v) is 6.07. The first-order valence-corrected chi connectivity index (χ1v) is 10.8. The first kappa shape index (κ1) is 22.8. The van der Waals surface area contributed by atoms with E-state index in [0.717, 1.165) is 49.5 Å². The fraction of sp³-hybridized carbons (Fsp3) is 0.591. The van der Waals surface area contributed by atoms with E-state index >= 15 is 0 Å². The van der Waals surface area contributed by atoms with Crippen molar-refractivity contribution in [1.82, 2.24) is 25.4 Å². The van der Waals surface area contributed by atoms with E-state index < -0.39 is 0 Å². The SMILES string of the molecule is CN=C(NCc1ccc(N2CCC(C)CC2)cc1)NC1CCc2nc(C)nn2C1.I. The van der Waals surface area contributed by atoms with Crippen LogP contribution >= 0.6 is 24.0 Å². The molecule has 3 heterocycles. The van der Waals surface area contributed by atoms with Crippen LogP contribution in [0.2, 0.25) is 0 Å². The molecular formula is C22H34IN7. The molecule has 2 aliphatic heterocycles. The van der Waals surface area contributed by atoms with Crippen LogP contribution in [-0.4, -0.2) is 46.9 Å². The Morgan fingerprint density at radius 1 is 1.17 bits per heavy atom. The van der Waals surface area contributed by atoms with Crippen molar-refractivity contribution in [3.05, 3.63) is 41.5 Å². The Labute approximate surface area is 196 Å². The predicted octanol–water partition coefficient (Wildman–Crippen LogP) is 3.12. The number of hydrogen-bond donors (Lipinski definition) is 2. The molecule has 1 aromatic carbocycles. The molecule has 164 valence electrons. The van der Waals surface area contributed by atoms with E-state index in [1.54, 1.807) is 0 Å². The summed E-state index contributed by atoms with van der Waals surface area (Å²) in [6, 6.07) is 9.26. The highest BCUT2D eigenvalue weighted by molar-refractivity contribution is 14.0. The number of hydrogen-bond acceptors (Lipinski definition) is 4. The first-order valence-electron chi connectivity index (χ1n) is 10.8. The van der Waals surface area contributed by atoms with Crippen molar-refractivity contribution in [2.75, 3.05) is 25.0 Å². The van der Waals surface area contributed by atoms with Crippen LogP contribution < -0.4 is 15.5 Å². The van der Waals surface area contributed by atoms with E-state index in [4.69, 9.17) is 0 Å². The summed E-state index contributed by atoms with van der Waals surface area (Å²) in [6.45, 7) is 8.24. The second-order valence-electron chi connectivity index (χ2n) is 8.40. The number of aryl methyl sites for hydroxylation is 2. The van der Waals surface area contributed by atoms with Gasteiger partial charge in [0.1, 0.15) is 11.6 Å². The molecule has 2 aromatic rings. The predicted molar refractivity (Wildman–Crippen MR) is 133 cm³/mol. The summed E-state index contributed by atoms with van der Waals surface area (Å²) in [5.74, 6) is 3.64. The summed E-state index contributed by atoms with van der Waals surface area (Å²) in [5.41, 5.74) is 2.60. The molecule has 4 rings (SSSR count). The van der Waals surface area contributed by atoms with Gasteiger partial charge in [0, 0.05) is 44.8 Å². The number of aliphatic imine (C=N–C) groups is 1. The van der Waals surface area contributed by atoms with Crippen LogP contribution in [0.1, 0.15) is 43.4 Å². The Bertz CT molecular complexity index is 838. The van der Waals surface area contributed by atoms with Gasteiger partial charge in [-0.05, 0) is 49.8 Å². The Balaban J connectivity index is 0.00000256. The number of benzene rings is 1. The van der Waals surface area contributed by atoms with Crippen molar-refractivity contribution in [3.8, 4) is 0 Å². The van der Waals surface area contributed by atoms with Gasteiger partial charge < -0.3 is 15.5 Å². The lowest BCUT2D eigenvalue weighted by atomic mass is 9.99. The number of halogens is 1. The summed E-state index contributed by atoms with van der Waals surface area (Å²) in [5, 5.41) is 11.5. The maximum Gasteiger partial charge on any atom is 0.191 e. The standard InChI is InChI=1S/C22H33N7.HI/c1-16-10-12-28(13-11-16)20-7-4-18(5-8-20)14-24-22(23-3)26-19-6-9-21-25-17(2)27-29(21)15-19;/h4-5,7-8,16,19H,6,9-15H2,1-3H3,(H2,23,24,26);1H. The van der Waals surface area contributed by atoms with E-state index in [1.807, 2.05) is 18.7 Å². The molecule has 0 saturated carbocycles. The van der Waals surface area contributed by atoms with Crippen LogP contribution in [0.4, 0.5) is 5.69 Å². The average molecular weight is 523 g/mol. The zero-order chi connectivity index (χ0) is 20.2. The molecule has 1 saturated heterocycles. The van der Waals surface area contributed by atoms with E-state index in [1.165, 1.54) is 37.2 Å². The molecule has 2 aliphatic rings. The van der Waals surface area contributed by atoms with Gasteiger partial charge in [0.05, 0.1) is 6.54 Å². The van der Waals surface area contributed by atoms with Gasteiger partial charge in [0.2, 0.25) is 0 Å². The van der Waals surface area contributed by atoms with Gasteiger partial charge in [-0.15, -0.1) is 24.0 Å². The molecule has 0 radical (unpaired) electrons. The molecule has 1 unspecified atom stereocenters. The van der Waals surface area contributed by atoms with Gasteiger partial charge in [-0.3, -0.25) is 4.99 Å². The summed E-state index contributed by atoms with van der Waals surface area (Å²) in [4.78, 5) is 11.4. The maximum absolute atomic E-state index is 4.48. The maximum atomic E-state index is 4.48. The van der Waals surface area contributed by atoms with Gasteiger partial charge in [0.25, 0.3) is 0 Å². The fourth-order valence-electron chi connectivity index (χ4n) is 4.22. The van der Waals surface area contributed by atoms with E-state index in [2.05, 4.69) is 61.8 Å². The van der Waals surface area contributed by atoms with Gasteiger partial charge in [0.15, 0.2) is 5.96 Å². The molecule has 0 spiro atoms. The molecule has 0 amide bonds. The topological polar surface area (TPSA) is 70.4 Å². The van der Waals surface area contributed by atoms with Crippen molar-refractivity contribution in [2.24, 2.45) is 10.9 Å². The normalized spacial score (nSPS) is 19.8. The van der Waals surface area contributed by atoms with E-state index in [0.29, 0.717) is 6.04 Å². The Hall–Kier alpha value is -1.84. The quantitative estimate of drug-likeness (QED) is 0.366. The Kier molecular flexibility index (Phi) is 7.96. The molecule has 1 atom stereocenters. The largest absolute Gasteiger partial charge is 0.372 e. The van der Waals surface area contributed by atoms with Crippen LogP contribution in [0, 0.1) is 12.8 Å². The van der Waals surface area contributed by atoms with E-state index in [-0.39, 0.29) is 24.0 Å². The number of aromatic nitrogens is 3. The highest BCUT2D eigenvalue weighted by Gasteiger charge is 2.21. The number of guanidine groups is 1. The summed E-state index contributed by atoms with van der Waals surface area (Å²) in [6.07, 6.45) is 4.58. The van der Waals surface area contributed by atoms with Gasteiger partial charge in [-0.2, -0.15) is 5.10 Å². The number of nitrogens with one attached hydrogen (secondary N) is 2. The number of anilines is 1. The van der Waals surface area contributed by atoms with Crippen LogP contribution in [0.3, 0.4) is 0 Å². The molecule has 2 N–H and O–H groups in total. The second-order valence-corrected chi connectivity index (χ2v) is 8.40. The third-order valence-electron chi connectivity index (χ3n) is 6.07. The first-order chi connectivity index (χ1) is 14.1. The van der Waals surface area contributed by atoms with Crippen molar-refractivity contribution >= 4 is 35.6 Å². The molecule has 30 heavy (non-hydrogen) atoms. The highest BCUT2D eigenvalue weighted by atomic mass is 127.